The van der Waals surface area contributed by atoms with Crippen LogP contribution in [0.2, 0.25) is 0 Å². The Balaban J connectivity index is 3.08. The lowest BCUT2D eigenvalue weighted by Crippen LogP contribution is -2.14. The number of carbonyl (C=O) groups is 1. The highest BCUT2D eigenvalue weighted by Gasteiger charge is 2.12. The molecule has 6 nitrogen and oxygen atoms in total. The van der Waals surface area contributed by atoms with Crippen LogP contribution in [0.25, 0.3) is 0 Å². The molecule has 86 valence electrons. The van der Waals surface area contributed by atoms with Gasteiger partial charge in [-0.1, -0.05) is 0 Å². The van der Waals surface area contributed by atoms with Crippen molar-refractivity contribution in [1.29, 1.82) is 0 Å². The van der Waals surface area contributed by atoms with Crippen LogP contribution >= 0.6 is 0 Å². The first-order chi connectivity index (χ1) is 7.54. The predicted molar refractivity (Wildman–Crippen MR) is 57.2 cm³/mol. The second kappa shape index (κ2) is 5.11. The summed E-state index contributed by atoms with van der Waals surface area (Å²) in [5, 5.41) is 10.5. The fourth-order valence-corrected chi connectivity index (χ4v) is 1.28. The third kappa shape index (κ3) is 2.94. The first kappa shape index (κ1) is 12.0. The van der Waals surface area contributed by atoms with Crippen LogP contribution < -0.4 is 10.5 Å². The number of non-ortho nitro benzene ring substituents is 1. The summed E-state index contributed by atoms with van der Waals surface area (Å²) in [5.41, 5.74) is 5.54. The van der Waals surface area contributed by atoms with E-state index in [-0.39, 0.29) is 12.1 Å². The number of benzene rings is 1. The monoisotopic (exact) mass is 224 g/mol. The molecular formula is C10H12N2O4. The van der Waals surface area contributed by atoms with E-state index in [0.29, 0.717) is 17.9 Å². The van der Waals surface area contributed by atoms with Gasteiger partial charge in [-0.2, -0.15) is 0 Å². The molecule has 1 aromatic carbocycles. The largest absolute Gasteiger partial charge is 0.493 e. The lowest BCUT2D eigenvalue weighted by molar-refractivity contribution is -0.384. The van der Waals surface area contributed by atoms with E-state index in [1.54, 1.807) is 6.92 Å². The van der Waals surface area contributed by atoms with Crippen molar-refractivity contribution in [3.8, 4) is 5.75 Å². The normalized spacial score (nSPS) is 9.81. The molecule has 0 atom stereocenters. The van der Waals surface area contributed by atoms with Crippen molar-refractivity contribution in [2.75, 3.05) is 6.61 Å². The van der Waals surface area contributed by atoms with Crippen LogP contribution in [0.4, 0.5) is 5.69 Å². The molecule has 1 rings (SSSR count). The van der Waals surface area contributed by atoms with Crippen molar-refractivity contribution in [1.82, 2.24) is 0 Å². The van der Waals surface area contributed by atoms with Gasteiger partial charge in [0, 0.05) is 11.6 Å². The van der Waals surface area contributed by atoms with E-state index in [1.807, 2.05) is 0 Å². The first-order valence-corrected chi connectivity index (χ1v) is 4.73. The lowest BCUT2D eigenvalue weighted by Gasteiger charge is -2.08. The number of nitrogens with zero attached hydrogens (tertiary/aromatic N) is 1. The zero-order valence-electron chi connectivity index (χ0n) is 8.80. The second-order valence-electron chi connectivity index (χ2n) is 3.13. The number of ether oxygens (including phenoxy) is 1. The van der Waals surface area contributed by atoms with Crippen molar-refractivity contribution in [2.24, 2.45) is 5.73 Å². The quantitative estimate of drug-likeness (QED) is 0.596. The molecule has 0 aliphatic rings. The number of amides is 1. The lowest BCUT2D eigenvalue weighted by atomic mass is 10.1. The zero-order valence-corrected chi connectivity index (χ0v) is 8.80. The molecule has 1 amide bonds. The van der Waals surface area contributed by atoms with Gasteiger partial charge in [0.15, 0.2) is 0 Å². The van der Waals surface area contributed by atoms with Crippen molar-refractivity contribution in [3.05, 3.63) is 33.9 Å². The van der Waals surface area contributed by atoms with Gasteiger partial charge in [0.25, 0.3) is 5.69 Å². The van der Waals surface area contributed by atoms with E-state index in [1.165, 1.54) is 18.2 Å². The number of nitro groups is 1. The molecule has 1 aromatic rings. The zero-order chi connectivity index (χ0) is 12.1. The van der Waals surface area contributed by atoms with E-state index in [9.17, 15) is 14.9 Å². The number of nitro benzene ring substituents is 1. The summed E-state index contributed by atoms with van der Waals surface area (Å²) in [5.74, 6) is -0.176. The maximum absolute atomic E-state index is 10.8. The van der Waals surface area contributed by atoms with Gasteiger partial charge >= 0.3 is 0 Å². The predicted octanol–water partition coefficient (Wildman–Crippen LogP) is 1.02. The van der Waals surface area contributed by atoms with Crippen LogP contribution in [0.1, 0.15) is 12.5 Å². The summed E-state index contributed by atoms with van der Waals surface area (Å²) >= 11 is 0. The molecular weight excluding hydrogens is 212 g/mol. The molecule has 16 heavy (non-hydrogen) atoms. The highest BCUT2D eigenvalue weighted by atomic mass is 16.6. The van der Waals surface area contributed by atoms with Crippen LogP contribution in [-0.4, -0.2) is 17.4 Å². The number of nitrogens with two attached hydrogens (primary N) is 1. The topological polar surface area (TPSA) is 95.5 Å². The molecule has 0 saturated heterocycles. The molecule has 0 fully saturated rings. The highest BCUT2D eigenvalue weighted by molar-refractivity contribution is 5.77. The molecule has 0 bridgehead atoms. The minimum absolute atomic E-state index is 0.00727. The number of primary amides is 1. The summed E-state index contributed by atoms with van der Waals surface area (Å²) in [6, 6.07) is 4.09. The van der Waals surface area contributed by atoms with Gasteiger partial charge < -0.3 is 10.5 Å². The number of rotatable bonds is 5. The van der Waals surface area contributed by atoms with Gasteiger partial charge in [0.2, 0.25) is 5.91 Å². The van der Waals surface area contributed by atoms with Gasteiger partial charge in [-0.05, 0) is 13.0 Å². The summed E-state index contributed by atoms with van der Waals surface area (Å²) in [6.45, 7) is 2.12. The molecule has 0 spiro atoms. The van der Waals surface area contributed by atoms with E-state index in [2.05, 4.69) is 0 Å². The van der Waals surface area contributed by atoms with Gasteiger partial charge in [-0.25, -0.2) is 0 Å². The minimum Gasteiger partial charge on any atom is -0.493 e. The van der Waals surface area contributed by atoms with E-state index in [0.717, 1.165) is 0 Å². The maximum atomic E-state index is 10.8. The van der Waals surface area contributed by atoms with Crippen molar-refractivity contribution in [3.63, 3.8) is 0 Å². The Morgan fingerprint density at radius 3 is 2.75 bits per heavy atom. The van der Waals surface area contributed by atoms with Crippen LogP contribution in [0.5, 0.6) is 5.75 Å². The van der Waals surface area contributed by atoms with E-state index < -0.39 is 10.8 Å². The maximum Gasteiger partial charge on any atom is 0.273 e. The Kier molecular flexibility index (Phi) is 3.82. The standard InChI is InChI=1S/C10H12N2O4/c1-2-16-9-6-8(12(14)15)4-3-7(9)5-10(11)13/h3-4,6H,2,5H2,1H3,(H2,11,13). The average molecular weight is 224 g/mol. The SMILES string of the molecule is CCOc1cc([N+](=O)[O-])ccc1CC(N)=O. The third-order valence-electron chi connectivity index (χ3n) is 1.93. The Morgan fingerprint density at radius 2 is 2.25 bits per heavy atom. The molecule has 0 aromatic heterocycles. The summed E-state index contributed by atoms with van der Waals surface area (Å²) in [4.78, 5) is 20.8. The van der Waals surface area contributed by atoms with Gasteiger partial charge in [-0.15, -0.1) is 0 Å². The average Bonchev–Trinajstić information content (AvgIpc) is 2.20. The summed E-state index contributed by atoms with van der Waals surface area (Å²) in [7, 11) is 0. The van der Waals surface area contributed by atoms with Crippen LogP contribution in [-0.2, 0) is 11.2 Å². The van der Waals surface area contributed by atoms with Gasteiger partial charge in [-0.3, -0.25) is 14.9 Å². The fourth-order valence-electron chi connectivity index (χ4n) is 1.28. The van der Waals surface area contributed by atoms with E-state index in [4.69, 9.17) is 10.5 Å². The Labute approximate surface area is 92.2 Å². The van der Waals surface area contributed by atoms with Crippen molar-refractivity contribution >= 4 is 11.6 Å². The smallest absolute Gasteiger partial charge is 0.273 e. The highest BCUT2D eigenvalue weighted by Crippen LogP contribution is 2.25. The molecule has 0 radical (unpaired) electrons. The second-order valence-corrected chi connectivity index (χ2v) is 3.13. The molecule has 0 unspecified atom stereocenters. The summed E-state index contributed by atoms with van der Waals surface area (Å²) in [6.07, 6.45) is 0.00727. The fraction of sp³-hybridized carbons (Fsp3) is 0.300. The molecule has 0 saturated carbocycles. The van der Waals surface area contributed by atoms with Crippen LogP contribution in [0.3, 0.4) is 0 Å². The van der Waals surface area contributed by atoms with Gasteiger partial charge in [0.1, 0.15) is 5.75 Å². The van der Waals surface area contributed by atoms with Crippen molar-refractivity contribution in [2.45, 2.75) is 13.3 Å². The number of carbonyl (C=O) groups excluding carboxylic acids is 1. The minimum atomic E-state index is -0.517. The molecule has 6 heteroatoms. The third-order valence-corrected chi connectivity index (χ3v) is 1.93. The van der Waals surface area contributed by atoms with E-state index >= 15 is 0 Å². The number of hydrogen-bond donors (Lipinski definition) is 1. The van der Waals surface area contributed by atoms with Gasteiger partial charge in [0.05, 0.1) is 24.0 Å². The Bertz CT molecular complexity index is 417. The Hall–Kier alpha value is -2.11. The molecule has 2 N–H and O–H groups in total. The number of hydrogen-bond acceptors (Lipinski definition) is 4. The van der Waals surface area contributed by atoms with Crippen LogP contribution in [0.15, 0.2) is 18.2 Å². The van der Waals surface area contributed by atoms with Crippen molar-refractivity contribution < 1.29 is 14.5 Å². The summed E-state index contributed by atoms with van der Waals surface area (Å²) < 4.78 is 5.22. The Morgan fingerprint density at radius 1 is 1.56 bits per heavy atom. The molecule has 0 aliphatic heterocycles. The molecule has 0 aliphatic carbocycles. The first-order valence-electron chi connectivity index (χ1n) is 4.73. The van der Waals surface area contributed by atoms with Crippen LogP contribution in [0, 0.1) is 10.1 Å². The molecule has 0 heterocycles.